The Labute approximate surface area is 243 Å². The topological polar surface area (TPSA) is 88.5 Å². The largest absolute Gasteiger partial charge is 0.503 e. The Hall–Kier alpha value is -3.62. The Morgan fingerprint density at radius 2 is 1.83 bits per heavy atom. The van der Waals surface area contributed by atoms with E-state index in [0.717, 1.165) is 31.6 Å². The van der Waals surface area contributed by atoms with Crippen molar-refractivity contribution in [3.05, 3.63) is 77.1 Å². The summed E-state index contributed by atoms with van der Waals surface area (Å²) < 4.78 is 17.4. The molecule has 0 aliphatic carbocycles. The van der Waals surface area contributed by atoms with Gasteiger partial charge in [-0.05, 0) is 55.0 Å². The molecule has 0 spiro atoms. The summed E-state index contributed by atoms with van der Waals surface area (Å²) >= 11 is 0. The number of amides is 1. The second-order valence-corrected chi connectivity index (χ2v) is 10.7. The molecule has 220 valence electrons. The van der Waals surface area contributed by atoms with Gasteiger partial charge in [0.25, 0.3) is 5.91 Å². The van der Waals surface area contributed by atoms with E-state index in [-0.39, 0.29) is 5.57 Å². The SMILES string of the molecule is CCOc1cc(C2C(C(=O)C=Cc3ccccc3)=C(O)C(=O)N2CCCN2CCOCC2)ccc1OCCC(C)C. The zero-order valence-electron chi connectivity index (χ0n) is 24.4. The minimum atomic E-state index is -0.746. The van der Waals surface area contributed by atoms with Gasteiger partial charge in [-0.15, -0.1) is 0 Å². The van der Waals surface area contributed by atoms with Crippen molar-refractivity contribution in [1.82, 2.24) is 9.80 Å². The molecule has 2 aromatic carbocycles. The van der Waals surface area contributed by atoms with Gasteiger partial charge in [-0.2, -0.15) is 0 Å². The van der Waals surface area contributed by atoms with E-state index < -0.39 is 23.5 Å². The molecule has 0 saturated carbocycles. The lowest BCUT2D eigenvalue weighted by Crippen LogP contribution is -2.39. The Bertz CT molecular complexity index is 1230. The third kappa shape index (κ3) is 7.99. The summed E-state index contributed by atoms with van der Waals surface area (Å²) in [4.78, 5) is 30.8. The molecule has 8 heteroatoms. The van der Waals surface area contributed by atoms with Gasteiger partial charge in [0.2, 0.25) is 0 Å². The molecule has 2 aliphatic heterocycles. The highest BCUT2D eigenvalue weighted by Gasteiger charge is 2.43. The van der Waals surface area contributed by atoms with E-state index in [9.17, 15) is 14.7 Å². The van der Waals surface area contributed by atoms with Crippen molar-refractivity contribution in [2.75, 3.05) is 52.6 Å². The zero-order valence-corrected chi connectivity index (χ0v) is 24.4. The molecule has 1 atom stereocenters. The molecular formula is C33H42N2O6. The monoisotopic (exact) mass is 562 g/mol. The summed E-state index contributed by atoms with van der Waals surface area (Å²) in [7, 11) is 0. The fourth-order valence-corrected chi connectivity index (χ4v) is 5.08. The van der Waals surface area contributed by atoms with Crippen LogP contribution in [-0.2, 0) is 14.3 Å². The molecule has 8 nitrogen and oxygen atoms in total. The first kappa shape index (κ1) is 30.3. The number of aliphatic hydroxyl groups excluding tert-OH is 1. The molecule has 0 radical (unpaired) electrons. The second kappa shape index (κ2) is 14.8. The van der Waals surface area contributed by atoms with Gasteiger partial charge in [-0.3, -0.25) is 14.5 Å². The van der Waals surface area contributed by atoms with E-state index in [1.165, 1.54) is 6.08 Å². The van der Waals surface area contributed by atoms with Crippen molar-refractivity contribution >= 4 is 17.8 Å². The molecule has 1 fully saturated rings. The summed E-state index contributed by atoms with van der Waals surface area (Å²) in [6, 6.07) is 14.2. The highest BCUT2D eigenvalue weighted by molar-refractivity contribution is 6.14. The molecule has 4 rings (SSSR count). The van der Waals surface area contributed by atoms with Gasteiger partial charge in [-0.25, -0.2) is 0 Å². The zero-order chi connectivity index (χ0) is 29.2. The Morgan fingerprint density at radius 3 is 2.54 bits per heavy atom. The van der Waals surface area contributed by atoms with Crippen LogP contribution >= 0.6 is 0 Å². The first-order valence-corrected chi connectivity index (χ1v) is 14.6. The number of benzene rings is 2. The van der Waals surface area contributed by atoms with Gasteiger partial charge < -0.3 is 24.2 Å². The van der Waals surface area contributed by atoms with Crippen LogP contribution in [0.15, 0.2) is 65.9 Å². The van der Waals surface area contributed by atoms with Gasteiger partial charge in [0.15, 0.2) is 23.0 Å². The van der Waals surface area contributed by atoms with E-state index in [0.29, 0.717) is 62.4 Å². The van der Waals surface area contributed by atoms with Gasteiger partial charge in [0.1, 0.15) is 0 Å². The Morgan fingerprint density at radius 1 is 1.07 bits per heavy atom. The van der Waals surface area contributed by atoms with E-state index >= 15 is 0 Å². The molecule has 1 unspecified atom stereocenters. The van der Waals surface area contributed by atoms with Crippen LogP contribution in [0, 0.1) is 5.92 Å². The molecular weight excluding hydrogens is 520 g/mol. The van der Waals surface area contributed by atoms with Gasteiger partial charge in [0.05, 0.1) is 38.0 Å². The third-order valence-electron chi connectivity index (χ3n) is 7.31. The summed E-state index contributed by atoms with van der Waals surface area (Å²) in [5, 5.41) is 11.0. The summed E-state index contributed by atoms with van der Waals surface area (Å²) in [5.41, 5.74) is 1.61. The molecule has 41 heavy (non-hydrogen) atoms. The molecule has 1 N–H and O–H groups in total. The number of allylic oxidation sites excluding steroid dienone is 1. The number of nitrogens with zero attached hydrogens (tertiary/aromatic N) is 2. The van der Waals surface area contributed by atoms with Crippen LogP contribution in [0.2, 0.25) is 0 Å². The summed E-state index contributed by atoms with van der Waals surface area (Å²) in [6.45, 7) is 11.5. The van der Waals surface area contributed by atoms with E-state index in [1.807, 2.05) is 55.5 Å². The summed E-state index contributed by atoms with van der Waals surface area (Å²) in [6.07, 6.45) is 4.73. The predicted octanol–water partition coefficient (Wildman–Crippen LogP) is 5.21. The maximum Gasteiger partial charge on any atom is 0.290 e. The van der Waals surface area contributed by atoms with Gasteiger partial charge in [0, 0.05) is 26.2 Å². The number of ether oxygens (including phenoxy) is 3. The highest BCUT2D eigenvalue weighted by Crippen LogP contribution is 2.41. The van der Waals surface area contributed by atoms with E-state index in [4.69, 9.17) is 14.2 Å². The van der Waals surface area contributed by atoms with E-state index in [2.05, 4.69) is 18.7 Å². The highest BCUT2D eigenvalue weighted by atomic mass is 16.5. The van der Waals surface area contributed by atoms with Crippen molar-refractivity contribution < 1.29 is 28.9 Å². The Balaban J connectivity index is 1.63. The Kier molecular flexibility index (Phi) is 11.0. The second-order valence-electron chi connectivity index (χ2n) is 10.7. The van der Waals surface area contributed by atoms with Crippen LogP contribution in [0.5, 0.6) is 11.5 Å². The van der Waals surface area contributed by atoms with Crippen LogP contribution in [0.1, 0.15) is 50.8 Å². The van der Waals surface area contributed by atoms with Gasteiger partial charge in [-0.1, -0.05) is 56.3 Å². The standard InChI is InChI=1S/C33H42N2O6/c1-4-40-29-23-26(12-14-28(29)41-20-15-24(2)3)31-30(27(36)13-11-25-9-6-5-7-10-25)32(37)33(38)35(31)17-8-16-34-18-21-39-22-19-34/h5-7,9-14,23-24,31,37H,4,8,15-22H2,1-3H3. The smallest absolute Gasteiger partial charge is 0.290 e. The molecule has 2 heterocycles. The number of hydrogen-bond acceptors (Lipinski definition) is 7. The minimum absolute atomic E-state index is 0.0736. The molecule has 2 aliphatic rings. The van der Waals surface area contributed by atoms with Crippen LogP contribution in [0.25, 0.3) is 6.08 Å². The molecule has 0 aromatic heterocycles. The number of hydrogen-bond donors (Lipinski definition) is 1. The number of rotatable bonds is 14. The van der Waals surface area contributed by atoms with Crippen molar-refractivity contribution in [3.8, 4) is 11.5 Å². The van der Waals surface area contributed by atoms with Crippen LogP contribution < -0.4 is 9.47 Å². The van der Waals surface area contributed by atoms with Crippen molar-refractivity contribution in [1.29, 1.82) is 0 Å². The minimum Gasteiger partial charge on any atom is -0.503 e. The first-order chi connectivity index (χ1) is 19.9. The van der Waals surface area contributed by atoms with Gasteiger partial charge >= 0.3 is 0 Å². The lowest BCUT2D eigenvalue weighted by atomic mass is 9.95. The third-order valence-corrected chi connectivity index (χ3v) is 7.31. The fraction of sp³-hybridized carbons (Fsp3) is 0.455. The van der Waals surface area contributed by atoms with Crippen LogP contribution in [0.4, 0.5) is 0 Å². The number of morpholine rings is 1. The van der Waals surface area contributed by atoms with Crippen LogP contribution in [0.3, 0.4) is 0 Å². The predicted molar refractivity (Wildman–Crippen MR) is 159 cm³/mol. The number of ketones is 1. The maximum atomic E-state index is 13.5. The van der Waals surface area contributed by atoms with Crippen LogP contribution in [-0.4, -0.2) is 79.2 Å². The van der Waals surface area contributed by atoms with E-state index in [1.54, 1.807) is 11.0 Å². The quantitative estimate of drug-likeness (QED) is 0.316. The molecule has 1 saturated heterocycles. The molecule has 1 amide bonds. The number of carbonyl (C=O) groups excluding carboxylic acids is 2. The fourth-order valence-electron chi connectivity index (χ4n) is 5.08. The lowest BCUT2D eigenvalue weighted by Gasteiger charge is -2.30. The lowest BCUT2D eigenvalue weighted by molar-refractivity contribution is -0.129. The van der Waals surface area contributed by atoms with Crippen molar-refractivity contribution in [3.63, 3.8) is 0 Å². The summed E-state index contributed by atoms with van der Waals surface area (Å²) in [5.74, 6) is 0.224. The van der Waals surface area contributed by atoms with Crippen molar-refractivity contribution in [2.24, 2.45) is 5.92 Å². The molecule has 0 bridgehead atoms. The average molecular weight is 563 g/mol. The normalized spacial score (nSPS) is 18.1. The maximum absolute atomic E-state index is 13.5. The molecule has 2 aromatic rings. The number of aliphatic hydroxyl groups is 1. The average Bonchev–Trinajstić information content (AvgIpc) is 3.23. The first-order valence-electron chi connectivity index (χ1n) is 14.6. The van der Waals surface area contributed by atoms with Crippen molar-refractivity contribution in [2.45, 2.75) is 39.7 Å². The number of carbonyl (C=O) groups is 2.